The lowest BCUT2D eigenvalue weighted by molar-refractivity contribution is 0.669. The molecule has 2 heterocycles. The van der Waals surface area contributed by atoms with Gasteiger partial charge in [0.05, 0.1) is 11.4 Å². The number of hydrogen-bond acceptors (Lipinski definition) is 2. The second kappa shape index (κ2) is 5.64. The summed E-state index contributed by atoms with van der Waals surface area (Å²) in [6, 6.07) is 6.48. The maximum absolute atomic E-state index is 4.89. The van der Waals surface area contributed by atoms with Gasteiger partial charge in [-0.2, -0.15) is 0 Å². The van der Waals surface area contributed by atoms with Crippen LogP contribution in [0.1, 0.15) is 37.7 Å². The number of amidine groups is 1. The highest BCUT2D eigenvalue weighted by atomic mass is 15.2. The summed E-state index contributed by atoms with van der Waals surface area (Å²) in [6.07, 6.45) is 6.24. The predicted octanol–water partition coefficient (Wildman–Crippen LogP) is 3.40. The average molecular weight is 257 g/mol. The van der Waals surface area contributed by atoms with Crippen LogP contribution in [0.25, 0.3) is 0 Å². The number of para-hydroxylation sites is 1. The number of rotatable bonds is 2. The van der Waals surface area contributed by atoms with Gasteiger partial charge >= 0.3 is 0 Å². The third kappa shape index (κ3) is 2.75. The van der Waals surface area contributed by atoms with Crippen molar-refractivity contribution in [1.82, 2.24) is 5.32 Å². The van der Waals surface area contributed by atoms with Crippen molar-refractivity contribution in [1.29, 1.82) is 0 Å². The Morgan fingerprint density at radius 2 is 1.95 bits per heavy atom. The molecule has 1 aromatic carbocycles. The summed E-state index contributed by atoms with van der Waals surface area (Å²) in [6.45, 7) is 5.63. The van der Waals surface area contributed by atoms with Gasteiger partial charge in [-0.3, -0.25) is 0 Å². The summed E-state index contributed by atoms with van der Waals surface area (Å²) < 4.78 is 0. The van der Waals surface area contributed by atoms with Crippen LogP contribution in [0.4, 0.5) is 11.4 Å². The van der Waals surface area contributed by atoms with Crippen molar-refractivity contribution in [2.75, 3.05) is 24.5 Å². The zero-order valence-corrected chi connectivity index (χ0v) is 11.8. The molecule has 0 amide bonds. The van der Waals surface area contributed by atoms with E-state index in [9.17, 15) is 0 Å². The Hall–Kier alpha value is -1.51. The first kappa shape index (κ1) is 12.5. The summed E-state index contributed by atoms with van der Waals surface area (Å²) in [7, 11) is 0. The molecule has 1 N–H and O–H groups in total. The lowest BCUT2D eigenvalue weighted by Crippen LogP contribution is -2.28. The van der Waals surface area contributed by atoms with E-state index in [2.05, 4.69) is 35.3 Å². The minimum atomic E-state index is 1.07. The molecule has 0 radical (unpaired) electrons. The number of piperidine rings is 1. The molecule has 0 bridgehead atoms. The molecule has 0 aliphatic carbocycles. The Bertz CT molecular complexity index is 465. The number of benzene rings is 1. The smallest absolute Gasteiger partial charge is 0.102 e. The Labute approximate surface area is 115 Å². The molecule has 19 heavy (non-hydrogen) atoms. The van der Waals surface area contributed by atoms with Crippen molar-refractivity contribution < 1.29 is 0 Å². The van der Waals surface area contributed by atoms with Crippen LogP contribution in [0.15, 0.2) is 23.2 Å². The minimum absolute atomic E-state index is 1.07. The molecule has 2 fully saturated rings. The van der Waals surface area contributed by atoms with Gasteiger partial charge in [-0.1, -0.05) is 12.1 Å². The molecule has 0 spiro atoms. The lowest BCUT2D eigenvalue weighted by Gasteiger charge is -2.23. The first-order chi connectivity index (χ1) is 9.34. The third-order valence-electron chi connectivity index (χ3n) is 4.06. The van der Waals surface area contributed by atoms with Gasteiger partial charge in [-0.05, 0) is 44.2 Å². The van der Waals surface area contributed by atoms with Gasteiger partial charge in [-0.15, -0.1) is 0 Å². The van der Waals surface area contributed by atoms with Gasteiger partial charge in [0.25, 0.3) is 0 Å². The van der Waals surface area contributed by atoms with Gasteiger partial charge in [0, 0.05) is 26.1 Å². The molecule has 2 aliphatic heterocycles. The molecule has 0 unspecified atom stereocenters. The standard InChI is InChI=1S/C16H23N3/c1-13-7-6-8-14(16(13)19-11-4-5-12-19)18-15-9-2-3-10-17-15/h6-8H,2-5,9-12H2,1H3,(H,17,18). The van der Waals surface area contributed by atoms with Crippen molar-refractivity contribution in [2.45, 2.75) is 39.0 Å². The molecule has 3 rings (SSSR count). The van der Waals surface area contributed by atoms with Gasteiger partial charge in [-0.25, -0.2) is 4.99 Å². The van der Waals surface area contributed by atoms with Crippen LogP contribution in [0.2, 0.25) is 0 Å². The maximum Gasteiger partial charge on any atom is 0.102 e. The molecule has 102 valence electrons. The van der Waals surface area contributed by atoms with E-state index >= 15 is 0 Å². The molecule has 3 nitrogen and oxygen atoms in total. The van der Waals surface area contributed by atoms with E-state index in [0.29, 0.717) is 0 Å². The van der Waals surface area contributed by atoms with E-state index in [1.807, 2.05) is 0 Å². The first-order valence-corrected chi connectivity index (χ1v) is 7.50. The van der Waals surface area contributed by atoms with E-state index in [0.717, 1.165) is 24.5 Å². The highest BCUT2D eigenvalue weighted by Crippen LogP contribution is 2.34. The quantitative estimate of drug-likeness (QED) is 0.879. The number of nitrogens with zero attached hydrogens (tertiary/aromatic N) is 2. The van der Waals surface area contributed by atoms with Crippen LogP contribution in [0, 0.1) is 6.92 Å². The van der Waals surface area contributed by atoms with Crippen molar-refractivity contribution in [2.24, 2.45) is 4.99 Å². The van der Waals surface area contributed by atoms with Crippen molar-refractivity contribution in [3.63, 3.8) is 0 Å². The molecule has 2 saturated heterocycles. The molecular weight excluding hydrogens is 234 g/mol. The Morgan fingerprint density at radius 3 is 2.68 bits per heavy atom. The van der Waals surface area contributed by atoms with E-state index in [1.165, 1.54) is 50.0 Å². The van der Waals surface area contributed by atoms with Crippen LogP contribution in [0.3, 0.4) is 0 Å². The molecule has 0 saturated carbocycles. The van der Waals surface area contributed by atoms with Gasteiger partial charge in [0.15, 0.2) is 0 Å². The summed E-state index contributed by atoms with van der Waals surface area (Å²) in [4.78, 5) is 7.38. The Balaban J connectivity index is 1.93. The summed E-state index contributed by atoms with van der Waals surface area (Å²) in [5.74, 6) is 1.16. The SMILES string of the molecule is Cc1cccc(/N=C2\CCCCN2)c1N1CCCC1. The molecule has 3 heteroatoms. The predicted molar refractivity (Wildman–Crippen MR) is 81.6 cm³/mol. The summed E-state index contributed by atoms with van der Waals surface area (Å²) >= 11 is 0. The molecule has 1 aromatic rings. The Morgan fingerprint density at radius 1 is 1.11 bits per heavy atom. The van der Waals surface area contributed by atoms with E-state index in [1.54, 1.807) is 0 Å². The van der Waals surface area contributed by atoms with Crippen molar-refractivity contribution >= 4 is 17.2 Å². The second-order valence-electron chi connectivity index (χ2n) is 5.58. The van der Waals surface area contributed by atoms with E-state index < -0.39 is 0 Å². The monoisotopic (exact) mass is 257 g/mol. The summed E-state index contributed by atoms with van der Waals surface area (Å²) in [5, 5.41) is 3.44. The molecule has 0 atom stereocenters. The normalized spacial score (nSPS) is 21.7. The molecule has 2 aliphatic rings. The Kier molecular flexibility index (Phi) is 3.72. The zero-order valence-electron chi connectivity index (χ0n) is 11.8. The fourth-order valence-corrected chi connectivity index (χ4v) is 3.07. The van der Waals surface area contributed by atoms with Crippen LogP contribution < -0.4 is 10.2 Å². The van der Waals surface area contributed by atoms with Gasteiger partial charge < -0.3 is 10.2 Å². The zero-order chi connectivity index (χ0) is 13.1. The number of aryl methyl sites for hydroxylation is 1. The number of anilines is 1. The molecular formula is C16H23N3. The fraction of sp³-hybridized carbons (Fsp3) is 0.562. The van der Waals surface area contributed by atoms with Crippen molar-refractivity contribution in [3.8, 4) is 0 Å². The van der Waals surface area contributed by atoms with Gasteiger partial charge in [0.1, 0.15) is 5.84 Å². The molecule has 0 aromatic heterocycles. The van der Waals surface area contributed by atoms with Crippen LogP contribution in [0.5, 0.6) is 0 Å². The number of nitrogens with one attached hydrogen (secondary N) is 1. The van der Waals surface area contributed by atoms with Crippen LogP contribution in [-0.4, -0.2) is 25.5 Å². The number of aliphatic imine (C=N–C) groups is 1. The number of hydrogen-bond donors (Lipinski definition) is 1. The second-order valence-corrected chi connectivity index (χ2v) is 5.58. The minimum Gasteiger partial charge on any atom is -0.374 e. The van der Waals surface area contributed by atoms with E-state index in [-0.39, 0.29) is 0 Å². The van der Waals surface area contributed by atoms with E-state index in [4.69, 9.17) is 4.99 Å². The summed E-state index contributed by atoms with van der Waals surface area (Å²) in [5.41, 5.74) is 3.84. The topological polar surface area (TPSA) is 27.6 Å². The lowest BCUT2D eigenvalue weighted by atomic mass is 10.1. The highest BCUT2D eigenvalue weighted by molar-refractivity contribution is 5.88. The maximum atomic E-state index is 4.89. The van der Waals surface area contributed by atoms with Crippen molar-refractivity contribution in [3.05, 3.63) is 23.8 Å². The highest BCUT2D eigenvalue weighted by Gasteiger charge is 2.18. The first-order valence-electron chi connectivity index (χ1n) is 7.50. The van der Waals surface area contributed by atoms with Gasteiger partial charge in [0.2, 0.25) is 0 Å². The average Bonchev–Trinajstić information content (AvgIpc) is 2.94. The fourth-order valence-electron chi connectivity index (χ4n) is 3.07. The van der Waals surface area contributed by atoms with Crippen LogP contribution in [-0.2, 0) is 0 Å². The third-order valence-corrected chi connectivity index (χ3v) is 4.06. The van der Waals surface area contributed by atoms with Crippen LogP contribution >= 0.6 is 0 Å². The largest absolute Gasteiger partial charge is 0.374 e.